The van der Waals surface area contributed by atoms with Crippen LogP contribution in [0.2, 0.25) is 0 Å². The van der Waals surface area contributed by atoms with E-state index in [4.69, 9.17) is 5.11 Å². The predicted molar refractivity (Wildman–Crippen MR) is 82.3 cm³/mol. The summed E-state index contributed by atoms with van der Waals surface area (Å²) >= 11 is 1.75. The van der Waals surface area contributed by atoms with Crippen LogP contribution in [0.4, 0.5) is 4.79 Å². The number of hydrogen-bond donors (Lipinski definition) is 3. The van der Waals surface area contributed by atoms with E-state index in [-0.39, 0.29) is 11.2 Å². The molecule has 21 heavy (non-hydrogen) atoms. The van der Waals surface area contributed by atoms with Crippen LogP contribution in [-0.2, 0) is 9.59 Å². The monoisotopic (exact) mass is 316 g/mol. The lowest BCUT2D eigenvalue weighted by molar-refractivity contribution is -0.149. The first-order valence-corrected chi connectivity index (χ1v) is 8.29. The fourth-order valence-corrected chi connectivity index (χ4v) is 3.32. The number of hydrogen-bond acceptors (Lipinski definition) is 4. The van der Waals surface area contributed by atoms with E-state index in [0.29, 0.717) is 6.54 Å². The Labute approximate surface area is 129 Å². The zero-order valence-corrected chi connectivity index (χ0v) is 13.6. The van der Waals surface area contributed by atoms with Gasteiger partial charge in [-0.1, -0.05) is 12.8 Å². The summed E-state index contributed by atoms with van der Waals surface area (Å²) in [4.78, 5) is 34.3. The molecule has 0 aromatic carbocycles. The van der Waals surface area contributed by atoms with Gasteiger partial charge in [-0.25, -0.2) is 4.79 Å². The van der Waals surface area contributed by atoms with Gasteiger partial charge in [0.15, 0.2) is 0 Å². The van der Waals surface area contributed by atoms with Crippen LogP contribution in [0.15, 0.2) is 0 Å². The van der Waals surface area contributed by atoms with E-state index in [1.165, 1.54) is 13.8 Å². The van der Waals surface area contributed by atoms with Crippen LogP contribution >= 0.6 is 11.8 Å². The first-order valence-electron chi connectivity index (χ1n) is 7.07. The summed E-state index contributed by atoms with van der Waals surface area (Å²) in [5.41, 5.74) is -1.18. The largest absolute Gasteiger partial charge is 0.481 e. The van der Waals surface area contributed by atoms with Gasteiger partial charge in [0.25, 0.3) is 0 Å². The summed E-state index contributed by atoms with van der Waals surface area (Å²) in [7, 11) is 0. The molecule has 1 saturated carbocycles. The smallest absolute Gasteiger partial charge is 0.321 e. The van der Waals surface area contributed by atoms with Crippen molar-refractivity contribution in [3.05, 3.63) is 0 Å². The van der Waals surface area contributed by atoms with Crippen LogP contribution in [0.3, 0.4) is 0 Å². The zero-order valence-electron chi connectivity index (χ0n) is 12.8. The molecule has 7 heteroatoms. The van der Waals surface area contributed by atoms with E-state index in [1.54, 1.807) is 11.8 Å². The van der Waals surface area contributed by atoms with Crippen LogP contribution in [-0.4, -0.2) is 40.6 Å². The van der Waals surface area contributed by atoms with Gasteiger partial charge in [-0.3, -0.25) is 14.9 Å². The number of imide groups is 1. The topological polar surface area (TPSA) is 95.5 Å². The summed E-state index contributed by atoms with van der Waals surface area (Å²) in [6, 6.07) is -0.554. The van der Waals surface area contributed by atoms with Crippen molar-refractivity contribution >= 4 is 29.7 Å². The lowest BCUT2D eigenvalue weighted by Crippen LogP contribution is -2.46. The normalized spacial score (nSPS) is 17.3. The number of carbonyl (C=O) groups is 3. The number of carboxylic acids is 1. The van der Waals surface area contributed by atoms with Gasteiger partial charge < -0.3 is 10.4 Å². The minimum atomic E-state index is -1.18. The van der Waals surface area contributed by atoms with Crippen molar-refractivity contribution in [2.45, 2.75) is 50.7 Å². The number of aliphatic carboxylic acids is 1. The molecule has 6 nitrogen and oxygen atoms in total. The maximum Gasteiger partial charge on any atom is 0.321 e. The van der Waals surface area contributed by atoms with E-state index in [0.717, 1.165) is 25.7 Å². The van der Waals surface area contributed by atoms with Crippen LogP contribution in [0, 0.1) is 5.41 Å². The average molecular weight is 316 g/mol. The average Bonchev–Trinajstić information content (AvgIpc) is 2.85. The molecule has 0 bridgehead atoms. The molecule has 1 aliphatic carbocycles. The molecule has 0 heterocycles. The molecule has 0 radical (unpaired) electrons. The van der Waals surface area contributed by atoms with Crippen LogP contribution in [0.1, 0.15) is 46.0 Å². The molecule has 0 unspecified atom stereocenters. The molecular weight excluding hydrogens is 292 g/mol. The molecule has 1 fully saturated rings. The van der Waals surface area contributed by atoms with E-state index < -0.39 is 23.3 Å². The molecule has 3 amide bonds. The van der Waals surface area contributed by atoms with Gasteiger partial charge in [-0.05, 0) is 32.9 Å². The van der Waals surface area contributed by atoms with Gasteiger partial charge >= 0.3 is 12.0 Å². The van der Waals surface area contributed by atoms with E-state index in [9.17, 15) is 14.4 Å². The molecule has 1 aliphatic rings. The fourth-order valence-electron chi connectivity index (χ4n) is 2.41. The Hall–Kier alpha value is -1.24. The highest BCUT2D eigenvalue weighted by atomic mass is 32.2. The number of carboxylic acid groups (broad SMARTS) is 1. The van der Waals surface area contributed by atoms with E-state index in [1.807, 2.05) is 6.26 Å². The number of nitrogens with one attached hydrogen (secondary N) is 2. The van der Waals surface area contributed by atoms with Gasteiger partial charge in [0.2, 0.25) is 5.91 Å². The fraction of sp³-hybridized carbons (Fsp3) is 0.786. The molecule has 0 aliphatic heterocycles. The Bertz CT molecular complexity index is 417. The molecule has 120 valence electrons. The number of rotatable bonds is 6. The molecule has 0 aromatic heterocycles. The highest BCUT2D eigenvalue weighted by molar-refractivity contribution is 8.00. The Morgan fingerprint density at radius 3 is 2.29 bits per heavy atom. The van der Waals surface area contributed by atoms with Crippen molar-refractivity contribution in [2.24, 2.45) is 5.41 Å². The summed E-state index contributed by atoms with van der Waals surface area (Å²) in [6.45, 7) is 3.43. The second-order valence-electron chi connectivity index (χ2n) is 6.19. The highest BCUT2D eigenvalue weighted by Gasteiger charge is 2.34. The molecular formula is C14H24N2O4S. The Balaban J connectivity index is 2.40. The third-order valence-corrected chi connectivity index (χ3v) is 5.37. The minimum Gasteiger partial charge on any atom is -0.481 e. The second kappa shape index (κ2) is 7.15. The second-order valence-corrected chi connectivity index (χ2v) is 7.47. The maximum atomic E-state index is 11.7. The number of thioether (sulfide) groups is 1. The summed E-state index contributed by atoms with van der Waals surface area (Å²) in [5, 5.41) is 13.9. The van der Waals surface area contributed by atoms with E-state index >= 15 is 0 Å². The number of carbonyl (C=O) groups excluding carboxylic acids is 2. The van der Waals surface area contributed by atoms with Gasteiger partial charge in [-0.2, -0.15) is 11.8 Å². The Morgan fingerprint density at radius 2 is 1.81 bits per heavy atom. The molecule has 0 saturated heterocycles. The van der Waals surface area contributed by atoms with Crippen molar-refractivity contribution in [2.75, 3.05) is 12.8 Å². The predicted octanol–water partition coefficient (Wildman–Crippen LogP) is 1.99. The SMILES string of the molecule is CSC1(CNC(=O)NC(=O)CC(C)(C)C(=O)O)CCCC1. The van der Waals surface area contributed by atoms with Crippen molar-refractivity contribution in [3.63, 3.8) is 0 Å². The van der Waals surface area contributed by atoms with Crippen LogP contribution in [0.5, 0.6) is 0 Å². The van der Waals surface area contributed by atoms with Gasteiger partial charge in [-0.15, -0.1) is 0 Å². The van der Waals surface area contributed by atoms with Gasteiger partial charge in [0.05, 0.1) is 5.41 Å². The molecule has 0 spiro atoms. The third kappa shape index (κ3) is 5.22. The lowest BCUT2D eigenvalue weighted by atomic mass is 9.89. The quantitative estimate of drug-likeness (QED) is 0.696. The Morgan fingerprint density at radius 1 is 1.24 bits per heavy atom. The summed E-state index contributed by atoms with van der Waals surface area (Å²) < 4.78 is 0.0702. The van der Waals surface area contributed by atoms with Crippen molar-refractivity contribution in [1.82, 2.24) is 10.6 Å². The number of urea groups is 1. The minimum absolute atomic E-state index is 0.0702. The van der Waals surface area contributed by atoms with Gasteiger partial charge in [0.1, 0.15) is 0 Å². The molecule has 3 N–H and O–H groups in total. The first kappa shape index (κ1) is 17.8. The number of amides is 3. The first-order chi connectivity index (χ1) is 9.71. The lowest BCUT2D eigenvalue weighted by Gasteiger charge is -2.27. The Kier molecular flexibility index (Phi) is 6.07. The highest BCUT2D eigenvalue weighted by Crippen LogP contribution is 2.39. The summed E-state index contributed by atoms with van der Waals surface area (Å²) in [5.74, 6) is -1.64. The van der Waals surface area contributed by atoms with Crippen molar-refractivity contribution in [3.8, 4) is 0 Å². The maximum absolute atomic E-state index is 11.7. The molecule has 0 aromatic rings. The standard InChI is InChI=1S/C14H24N2O4S/c1-13(2,11(18)19)8-10(17)16-12(20)15-9-14(21-3)6-4-5-7-14/h4-9H2,1-3H3,(H,18,19)(H2,15,16,17,20). The third-order valence-electron chi connectivity index (χ3n) is 3.95. The van der Waals surface area contributed by atoms with Crippen molar-refractivity contribution < 1.29 is 19.5 Å². The molecule has 0 atom stereocenters. The van der Waals surface area contributed by atoms with Gasteiger partial charge in [0, 0.05) is 17.7 Å². The van der Waals surface area contributed by atoms with Crippen LogP contribution < -0.4 is 10.6 Å². The summed E-state index contributed by atoms with van der Waals surface area (Å²) in [6.07, 6.45) is 6.25. The molecule has 1 rings (SSSR count). The zero-order chi connectivity index (χ0) is 16.1. The van der Waals surface area contributed by atoms with E-state index in [2.05, 4.69) is 10.6 Å². The van der Waals surface area contributed by atoms with Crippen LogP contribution in [0.25, 0.3) is 0 Å². The van der Waals surface area contributed by atoms with Crippen molar-refractivity contribution in [1.29, 1.82) is 0 Å².